The highest BCUT2D eigenvalue weighted by molar-refractivity contribution is 5.99. The molecule has 0 spiro atoms. The average molecular weight is 401 g/mol. The highest BCUT2D eigenvalue weighted by Gasteiger charge is 2.32. The Kier molecular flexibility index (Phi) is 4.70. The van der Waals surface area contributed by atoms with Gasteiger partial charge in [-0.05, 0) is 48.7 Å². The molecule has 1 amide bonds. The highest BCUT2D eigenvalue weighted by atomic mass is 19.4. The Morgan fingerprint density at radius 2 is 1.90 bits per heavy atom. The predicted molar refractivity (Wildman–Crippen MR) is 104 cm³/mol. The number of aromatic amines is 2. The van der Waals surface area contributed by atoms with E-state index < -0.39 is 12.3 Å². The number of amides is 1. The minimum Gasteiger partial charge on any atom is -0.405 e. The predicted octanol–water partition coefficient (Wildman–Crippen LogP) is 4.83. The van der Waals surface area contributed by atoms with Gasteiger partial charge in [0.15, 0.2) is 0 Å². The molecule has 0 radical (unpaired) electrons. The molecule has 29 heavy (non-hydrogen) atoms. The van der Waals surface area contributed by atoms with Crippen molar-refractivity contribution in [3.05, 3.63) is 65.5 Å². The number of aromatic nitrogens is 2. The zero-order chi connectivity index (χ0) is 20.6. The zero-order valence-corrected chi connectivity index (χ0v) is 15.5. The Morgan fingerprint density at radius 1 is 1.14 bits per heavy atom. The summed E-state index contributed by atoms with van der Waals surface area (Å²) in [4.78, 5) is 18.5. The van der Waals surface area contributed by atoms with Gasteiger partial charge in [0.05, 0.1) is 0 Å². The standard InChI is InChI=1S/C21H18F3N3O2/c1-12-4-2-6-16-19(12)13(11-26-16)8-9-25-20(28)17-10-14-15(27-17)5-3-7-18(14)29-21(22,23)24/h2-7,10-11,26-27H,8-9H2,1H3,(H,25,28). The Balaban J connectivity index is 1.47. The molecule has 3 N–H and O–H groups in total. The van der Waals surface area contributed by atoms with Gasteiger partial charge in [-0.2, -0.15) is 0 Å². The van der Waals surface area contributed by atoms with E-state index in [4.69, 9.17) is 0 Å². The lowest BCUT2D eigenvalue weighted by Gasteiger charge is -2.09. The number of hydrogen-bond donors (Lipinski definition) is 3. The summed E-state index contributed by atoms with van der Waals surface area (Å²) in [5, 5.41) is 4.14. The number of halogens is 3. The first-order valence-corrected chi connectivity index (χ1v) is 9.03. The molecule has 0 aliphatic carbocycles. The van der Waals surface area contributed by atoms with Crippen molar-refractivity contribution in [1.29, 1.82) is 0 Å². The number of alkyl halides is 3. The van der Waals surface area contributed by atoms with Gasteiger partial charge in [-0.15, -0.1) is 13.2 Å². The molecule has 2 aromatic heterocycles. The number of carbonyl (C=O) groups is 1. The Labute approximate surface area is 163 Å². The lowest BCUT2D eigenvalue weighted by atomic mass is 10.1. The number of aryl methyl sites for hydroxylation is 1. The summed E-state index contributed by atoms with van der Waals surface area (Å²) >= 11 is 0. The van der Waals surface area contributed by atoms with Crippen LogP contribution >= 0.6 is 0 Å². The SMILES string of the molecule is Cc1cccc2[nH]cc(CCNC(=O)c3cc4c(OC(F)(F)F)cccc4[nH]3)c12. The Bertz CT molecular complexity index is 1190. The van der Waals surface area contributed by atoms with Crippen LogP contribution in [0.3, 0.4) is 0 Å². The number of rotatable bonds is 5. The number of fused-ring (bicyclic) bond motifs is 2. The van der Waals surface area contributed by atoms with Gasteiger partial charge in [0.25, 0.3) is 5.91 Å². The van der Waals surface area contributed by atoms with Crippen LogP contribution in [0.15, 0.2) is 48.7 Å². The number of carbonyl (C=O) groups excluding carboxylic acids is 1. The fourth-order valence-corrected chi connectivity index (χ4v) is 3.52. The van der Waals surface area contributed by atoms with Crippen molar-refractivity contribution in [3.8, 4) is 5.75 Å². The first kappa shape index (κ1) is 18.9. The lowest BCUT2D eigenvalue weighted by molar-refractivity contribution is -0.274. The molecule has 0 aliphatic rings. The number of hydrogen-bond acceptors (Lipinski definition) is 2. The molecule has 0 saturated heterocycles. The molecule has 0 saturated carbocycles. The van der Waals surface area contributed by atoms with Gasteiger partial charge in [0.1, 0.15) is 11.4 Å². The van der Waals surface area contributed by atoms with Crippen molar-refractivity contribution < 1.29 is 22.7 Å². The van der Waals surface area contributed by atoms with Crippen molar-refractivity contribution in [3.63, 3.8) is 0 Å². The molecule has 0 bridgehead atoms. The molecular formula is C21H18F3N3O2. The van der Waals surface area contributed by atoms with Gasteiger partial charge in [-0.1, -0.05) is 18.2 Å². The van der Waals surface area contributed by atoms with E-state index in [1.165, 1.54) is 18.2 Å². The summed E-state index contributed by atoms with van der Waals surface area (Å²) in [5.74, 6) is -0.740. The van der Waals surface area contributed by atoms with Crippen LogP contribution in [0.2, 0.25) is 0 Å². The van der Waals surface area contributed by atoms with Crippen LogP contribution in [-0.2, 0) is 6.42 Å². The second-order valence-electron chi connectivity index (χ2n) is 6.77. The maximum atomic E-state index is 12.6. The second kappa shape index (κ2) is 7.20. The molecule has 2 aromatic carbocycles. The summed E-state index contributed by atoms with van der Waals surface area (Å²) in [6.45, 7) is 2.42. The molecule has 0 atom stereocenters. The fraction of sp³-hybridized carbons (Fsp3) is 0.190. The second-order valence-corrected chi connectivity index (χ2v) is 6.77. The van der Waals surface area contributed by atoms with Crippen LogP contribution in [0.1, 0.15) is 21.6 Å². The van der Waals surface area contributed by atoms with Crippen molar-refractivity contribution in [2.45, 2.75) is 19.7 Å². The first-order valence-electron chi connectivity index (χ1n) is 9.03. The van der Waals surface area contributed by atoms with Gasteiger partial charge in [-0.25, -0.2) is 0 Å². The van der Waals surface area contributed by atoms with E-state index in [1.54, 1.807) is 6.07 Å². The van der Waals surface area contributed by atoms with E-state index in [0.717, 1.165) is 22.0 Å². The van der Waals surface area contributed by atoms with Crippen LogP contribution in [0.25, 0.3) is 21.8 Å². The molecule has 8 heteroatoms. The normalized spacial score (nSPS) is 11.9. The number of benzene rings is 2. The third-order valence-electron chi connectivity index (χ3n) is 4.77. The monoisotopic (exact) mass is 401 g/mol. The maximum absolute atomic E-state index is 12.6. The Morgan fingerprint density at radius 3 is 2.69 bits per heavy atom. The van der Waals surface area contributed by atoms with E-state index in [9.17, 15) is 18.0 Å². The topological polar surface area (TPSA) is 69.9 Å². The molecule has 0 unspecified atom stereocenters. The number of ether oxygens (including phenoxy) is 1. The zero-order valence-electron chi connectivity index (χ0n) is 15.5. The van der Waals surface area contributed by atoms with Crippen LogP contribution in [0.4, 0.5) is 13.2 Å². The Hall–Kier alpha value is -3.42. The minimum absolute atomic E-state index is 0.174. The molecular weight excluding hydrogens is 383 g/mol. The molecule has 2 heterocycles. The van der Waals surface area contributed by atoms with Crippen LogP contribution in [0, 0.1) is 6.92 Å². The summed E-state index contributed by atoms with van der Waals surface area (Å²) < 4.78 is 41.7. The summed E-state index contributed by atoms with van der Waals surface area (Å²) in [6.07, 6.45) is -2.25. The van der Waals surface area contributed by atoms with E-state index in [2.05, 4.69) is 20.0 Å². The van der Waals surface area contributed by atoms with Crippen LogP contribution in [-0.4, -0.2) is 28.8 Å². The molecule has 0 aliphatic heterocycles. The first-order chi connectivity index (χ1) is 13.8. The molecule has 0 fully saturated rings. The van der Waals surface area contributed by atoms with Gasteiger partial charge in [0, 0.05) is 34.5 Å². The average Bonchev–Trinajstić information content (AvgIpc) is 3.26. The molecule has 4 rings (SSSR count). The molecule has 5 nitrogen and oxygen atoms in total. The van der Waals surface area contributed by atoms with Crippen LogP contribution in [0.5, 0.6) is 5.75 Å². The van der Waals surface area contributed by atoms with Gasteiger partial charge < -0.3 is 20.0 Å². The van der Waals surface area contributed by atoms with E-state index in [1.807, 2.05) is 31.3 Å². The van der Waals surface area contributed by atoms with Crippen molar-refractivity contribution in [2.24, 2.45) is 0 Å². The van der Waals surface area contributed by atoms with Gasteiger partial charge in [0.2, 0.25) is 0 Å². The van der Waals surface area contributed by atoms with Crippen molar-refractivity contribution >= 4 is 27.7 Å². The summed E-state index contributed by atoms with van der Waals surface area (Å²) in [5.41, 5.74) is 3.85. The fourth-order valence-electron chi connectivity index (χ4n) is 3.52. The van der Waals surface area contributed by atoms with E-state index in [-0.39, 0.29) is 16.8 Å². The largest absolute Gasteiger partial charge is 0.573 e. The highest BCUT2D eigenvalue weighted by Crippen LogP contribution is 2.31. The smallest absolute Gasteiger partial charge is 0.405 e. The number of nitrogens with one attached hydrogen (secondary N) is 3. The summed E-state index contributed by atoms with van der Waals surface area (Å²) in [7, 11) is 0. The minimum atomic E-state index is -4.80. The maximum Gasteiger partial charge on any atom is 0.573 e. The third kappa shape index (κ3) is 3.91. The van der Waals surface area contributed by atoms with Gasteiger partial charge >= 0.3 is 6.36 Å². The van der Waals surface area contributed by atoms with E-state index >= 15 is 0 Å². The molecule has 4 aromatic rings. The quantitative estimate of drug-likeness (QED) is 0.448. The lowest BCUT2D eigenvalue weighted by Crippen LogP contribution is -2.25. The third-order valence-corrected chi connectivity index (χ3v) is 4.77. The van der Waals surface area contributed by atoms with Crippen molar-refractivity contribution in [2.75, 3.05) is 6.54 Å². The van der Waals surface area contributed by atoms with Gasteiger partial charge in [-0.3, -0.25) is 4.79 Å². The molecule has 150 valence electrons. The number of H-pyrrole nitrogens is 2. The summed E-state index contributed by atoms with van der Waals surface area (Å²) in [6, 6.07) is 11.6. The van der Waals surface area contributed by atoms with Crippen molar-refractivity contribution in [1.82, 2.24) is 15.3 Å². The van der Waals surface area contributed by atoms with Crippen LogP contribution < -0.4 is 10.1 Å². The van der Waals surface area contributed by atoms with E-state index in [0.29, 0.717) is 18.5 Å².